The molecule has 3 rings (SSSR count). The zero-order valence-electron chi connectivity index (χ0n) is 8.70. The monoisotopic (exact) mass is 225 g/mol. The maximum absolute atomic E-state index is 8.97. The molecule has 0 saturated heterocycles. The van der Waals surface area contributed by atoms with Crippen LogP contribution in [0.25, 0.3) is 5.52 Å². The van der Waals surface area contributed by atoms with Crippen molar-refractivity contribution in [2.24, 2.45) is 0 Å². The highest BCUT2D eigenvalue weighted by atomic mass is 16.6. The third-order valence-electron chi connectivity index (χ3n) is 2.31. The van der Waals surface area contributed by atoms with Gasteiger partial charge in [0.1, 0.15) is 6.07 Å². The maximum Gasteiger partial charge on any atom is 0.310 e. The Kier molecular flexibility index (Phi) is 2.06. The number of rotatable bonds is 2. The average Bonchev–Trinajstić information content (AvgIpc) is 2.98. The van der Waals surface area contributed by atoms with Gasteiger partial charge in [0.15, 0.2) is 5.69 Å². The van der Waals surface area contributed by atoms with E-state index in [-0.39, 0.29) is 0 Å². The highest BCUT2D eigenvalue weighted by Crippen LogP contribution is 2.23. The van der Waals surface area contributed by atoms with Crippen molar-refractivity contribution in [2.75, 3.05) is 0 Å². The normalized spacial score (nSPS) is 10.3. The fourth-order valence-corrected chi connectivity index (χ4v) is 1.58. The van der Waals surface area contributed by atoms with E-state index in [0.29, 0.717) is 23.2 Å². The van der Waals surface area contributed by atoms with Gasteiger partial charge in [0.2, 0.25) is 0 Å². The smallest absolute Gasteiger partial charge is 0.310 e. The summed E-state index contributed by atoms with van der Waals surface area (Å²) >= 11 is 0. The SMILES string of the molecule is N#Cc1nc(Oc2ccco2)n2ccccc12. The number of nitrogens with zero attached hydrogens (tertiary/aromatic N) is 3. The van der Waals surface area contributed by atoms with Crippen LogP contribution < -0.4 is 4.74 Å². The van der Waals surface area contributed by atoms with Crippen LogP contribution in [0.1, 0.15) is 5.69 Å². The minimum atomic E-state index is 0.312. The maximum atomic E-state index is 8.97. The molecule has 0 saturated carbocycles. The summed E-state index contributed by atoms with van der Waals surface area (Å²) in [7, 11) is 0. The minimum Gasteiger partial charge on any atom is -0.434 e. The van der Waals surface area contributed by atoms with Crippen molar-refractivity contribution in [1.29, 1.82) is 5.26 Å². The molecular formula is C12H7N3O2. The van der Waals surface area contributed by atoms with Gasteiger partial charge < -0.3 is 9.15 Å². The van der Waals surface area contributed by atoms with Gasteiger partial charge in [0.05, 0.1) is 11.8 Å². The lowest BCUT2D eigenvalue weighted by Crippen LogP contribution is -1.89. The molecule has 3 aromatic heterocycles. The third kappa shape index (κ3) is 1.52. The summed E-state index contributed by atoms with van der Waals surface area (Å²) in [5.74, 6) is 0.338. The number of furan rings is 1. The molecule has 0 radical (unpaired) electrons. The molecule has 0 aliphatic carbocycles. The average molecular weight is 225 g/mol. The van der Waals surface area contributed by atoms with E-state index in [1.54, 1.807) is 28.8 Å². The van der Waals surface area contributed by atoms with E-state index in [2.05, 4.69) is 4.98 Å². The Morgan fingerprint density at radius 2 is 2.24 bits per heavy atom. The van der Waals surface area contributed by atoms with Crippen LogP contribution in [0.5, 0.6) is 12.0 Å². The van der Waals surface area contributed by atoms with Crippen LogP contribution in [0.3, 0.4) is 0 Å². The van der Waals surface area contributed by atoms with Crippen LogP contribution in [-0.4, -0.2) is 9.38 Å². The Hall–Kier alpha value is -2.74. The van der Waals surface area contributed by atoms with Crippen LogP contribution in [0.15, 0.2) is 47.2 Å². The van der Waals surface area contributed by atoms with Crippen molar-refractivity contribution in [1.82, 2.24) is 9.38 Å². The highest BCUT2D eigenvalue weighted by Gasteiger charge is 2.12. The van der Waals surface area contributed by atoms with E-state index in [4.69, 9.17) is 14.4 Å². The van der Waals surface area contributed by atoms with Crippen molar-refractivity contribution in [3.8, 4) is 18.0 Å². The van der Waals surface area contributed by atoms with Gasteiger partial charge in [0.25, 0.3) is 5.95 Å². The van der Waals surface area contributed by atoms with Crippen LogP contribution in [-0.2, 0) is 0 Å². The molecule has 0 bridgehead atoms. The molecule has 0 fully saturated rings. The van der Waals surface area contributed by atoms with Crippen LogP contribution in [0.2, 0.25) is 0 Å². The molecule has 0 atom stereocenters. The lowest BCUT2D eigenvalue weighted by Gasteiger charge is -1.99. The Morgan fingerprint density at radius 1 is 1.29 bits per heavy atom. The molecule has 5 nitrogen and oxygen atoms in total. The second-order valence-electron chi connectivity index (χ2n) is 3.34. The first kappa shape index (κ1) is 9.48. The number of pyridine rings is 1. The number of imidazole rings is 1. The predicted molar refractivity (Wildman–Crippen MR) is 58.7 cm³/mol. The lowest BCUT2D eigenvalue weighted by molar-refractivity contribution is 0.325. The molecule has 0 aliphatic rings. The summed E-state index contributed by atoms with van der Waals surface area (Å²) in [5, 5.41) is 8.97. The van der Waals surface area contributed by atoms with Gasteiger partial charge in [0, 0.05) is 12.3 Å². The molecular weight excluding hydrogens is 218 g/mol. The molecule has 82 valence electrons. The van der Waals surface area contributed by atoms with Crippen molar-refractivity contribution < 1.29 is 9.15 Å². The largest absolute Gasteiger partial charge is 0.434 e. The van der Waals surface area contributed by atoms with Crippen molar-refractivity contribution in [2.45, 2.75) is 0 Å². The number of hydrogen-bond donors (Lipinski definition) is 0. The summed E-state index contributed by atoms with van der Waals surface area (Å²) in [4.78, 5) is 4.10. The molecule has 3 aromatic rings. The van der Waals surface area contributed by atoms with Gasteiger partial charge in [-0.25, -0.2) is 0 Å². The molecule has 0 aromatic carbocycles. The van der Waals surface area contributed by atoms with Gasteiger partial charge in [-0.1, -0.05) is 6.07 Å². The number of hydrogen-bond acceptors (Lipinski definition) is 4. The van der Waals surface area contributed by atoms with E-state index in [0.717, 1.165) is 0 Å². The molecule has 0 spiro atoms. The fraction of sp³-hybridized carbons (Fsp3) is 0. The topological polar surface area (TPSA) is 63.5 Å². The second-order valence-corrected chi connectivity index (χ2v) is 3.34. The zero-order valence-corrected chi connectivity index (χ0v) is 8.70. The lowest BCUT2D eigenvalue weighted by atomic mass is 10.3. The molecule has 0 unspecified atom stereocenters. The van der Waals surface area contributed by atoms with Gasteiger partial charge in [-0.2, -0.15) is 10.2 Å². The Balaban J connectivity index is 2.14. The first-order valence-electron chi connectivity index (χ1n) is 4.97. The summed E-state index contributed by atoms with van der Waals surface area (Å²) < 4.78 is 12.2. The number of ether oxygens (including phenoxy) is 1. The summed E-state index contributed by atoms with van der Waals surface area (Å²) in [6.45, 7) is 0. The molecule has 3 heterocycles. The van der Waals surface area contributed by atoms with Gasteiger partial charge in [-0.3, -0.25) is 4.40 Å². The van der Waals surface area contributed by atoms with Crippen molar-refractivity contribution in [3.05, 3.63) is 48.5 Å². The Morgan fingerprint density at radius 3 is 3.00 bits per heavy atom. The molecule has 17 heavy (non-hydrogen) atoms. The zero-order chi connectivity index (χ0) is 11.7. The van der Waals surface area contributed by atoms with Gasteiger partial charge in [-0.05, 0) is 18.2 Å². The van der Waals surface area contributed by atoms with E-state index in [1.807, 2.05) is 18.2 Å². The minimum absolute atomic E-state index is 0.312. The molecule has 5 heteroatoms. The van der Waals surface area contributed by atoms with Crippen LogP contribution >= 0.6 is 0 Å². The number of aromatic nitrogens is 2. The van der Waals surface area contributed by atoms with Crippen LogP contribution in [0, 0.1) is 11.3 Å². The molecule has 0 amide bonds. The summed E-state index contributed by atoms with van der Waals surface area (Å²) in [6.07, 6.45) is 3.29. The van der Waals surface area contributed by atoms with E-state index in [1.165, 1.54) is 6.26 Å². The predicted octanol–water partition coefficient (Wildman–Crippen LogP) is 2.59. The second kappa shape index (κ2) is 3.68. The standard InChI is InChI=1S/C12H7N3O2/c13-8-9-10-4-1-2-6-15(10)12(14-9)17-11-5-3-7-16-11/h1-7H. The van der Waals surface area contributed by atoms with E-state index < -0.39 is 0 Å². The summed E-state index contributed by atoms with van der Waals surface area (Å²) in [5.41, 5.74) is 1.03. The first-order valence-corrected chi connectivity index (χ1v) is 4.97. The highest BCUT2D eigenvalue weighted by molar-refractivity contribution is 5.59. The Labute approximate surface area is 96.5 Å². The first-order chi connectivity index (χ1) is 8.38. The Bertz CT molecular complexity index is 692. The van der Waals surface area contributed by atoms with Gasteiger partial charge in [-0.15, -0.1) is 0 Å². The fourth-order valence-electron chi connectivity index (χ4n) is 1.58. The molecule has 0 aliphatic heterocycles. The third-order valence-corrected chi connectivity index (χ3v) is 2.31. The van der Waals surface area contributed by atoms with Crippen molar-refractivity contribution >= 4 is 5.52 Å². The van der Waals surface area contributed by atoms with Crippen LogP contribution in [0.4, 0.5) is 0 Å². The van der Waals surface area contributed by atoms with E-state index in [9.17, 15) is 0 Å². The van der Waals surface area contributed by atoms with E-state index >= 15 is 0 Å². The van der Waals surface area contributed by atoms with Gasteiger partial charge >= 0.3 is 6.01 Å². The summed E-state index contributed by atoms with van der Waals surface area (Å²) in [6, 6.07) is 11.2. The molecule has 0 N–H and O–H groups in total. The number of nitriles is 1. The quantitative estimate of drug-likeness (QED) is 0.672. The van der Waals surface area contributed by atoms with Crippen molar-refractivity contribution in [3.63, 3.8) is 0 Å². The number of fused-ring (bicyclic) bond motifs is 1.